The molecule has 0 saturated carbocycles. The fourth-order valence-corrected chi connectivity index (χ4v) is 2.83. The van der Waals surface area contributed by atoms with Crippen LogP contribution in [0.15, 0.2) is 28.9 Å². The first-order chi connectivity index (χ1) is 11.5. The standard InChI is InChI=1S/C16H19BrN4O3/c17-12-3-4-14(18)21(9-12)7-1-2-15(23)20-13(10-22)8-11-5-6-19-16(11)24/h1,3-4,7,9-11,13,18H,2,5-6,8H2,(H,19,24)(H,20,23)/b7-1+,18-14?. The number of pyridine rings is 1. The molecule has 2 atom stereocenters. The number of nitrogens with one attached hydrogen (secondary N) is 3. The van der Waals surface area contributed by atoms with E-state index in [0.29, 0.717) is 25.7 Å². The number of carbonyl (C=O) groups excluding carboxylic acids is 3. The molecule has 2 rings (SSSR count). The topological polar surface area (TPSA) is 104 Å². The molecule has 24 heavy (non-hydrogen) atoms. The molecule has 1 aromatic heterocycles. The van der Waals surface area contributed by atoms with Crippen LogP contribution in [0.25, 0.3) is 6.20 Å². The zero-order valence-electron chi connectivity index (χ0n) is 13.0. The first kappa shape index (κ1) is 18.1. The molecule has 0 bridgehead atoms. The Labute approximate surface area is 147 Å². The van der Waals surface area contributed by atoms with E-state index in [9.17, 15) is 14.4 Å². The Balaban J connectivity index is 1.86. The second kappa shape index (κ2) is 8.58. The van der Waals surface area contributed by atoms with Crippen LogP contribution in [0.5, 0.6) is 0 Å². The van der Waals surface area contributed by atoms with E-state index >= 15 is 0 Å². The van der Waals surface area contributed by atoms with Gasteiger partial charge in [0.05, 0.1) is 6.04 Å². The number of nitrogens with zero attached hydrogens (tertiary/aromatic N) is 1. The summed E-state index contributed by atoms with van der Waals surface area (Å²) in [5.41, 5.74) is 0.285. The van der Waals surface area contributed by atoms with Gasteiger partial charge in [0, 0.05) is 35.8 Å². The normalized spacial score (nSPS) is 18.4. The number of rotatable bonds is 7. The van der Waals surface area contributed by atoms with Crippen LogP contribution < -0.4 is 16.1 Å². The predicted octanol–water partition coefficient (Wildman–Crippen LogP) is 0.801. The molecular weight excluding hydrogens is 376 g/mol. The van der Waals surface area contributed by atoms with E-state index in [1.165, 1.54) is 0 Å². The predicted molar refractivity (Wildman–Crippen MR) is 91.7 cm³/mol. The number of halogens is 1. The van der Waals surface area contributed by atoms with Crippen molar-refractivity contribution in [1.82, 2.24) is 15.2 Å². The van der Waals surface area contributed by atoms with Crippen LogP contribution in [0, 0.1) is 11.3 Å². The lowest BCUT2D eigenvalue weighted by molar-refractivity contribution is -0.125. The van der Waals surface area contributed by atoms with E-state index in [-0.39, 0.29) is 29.6 Å². The molecule has 128 valence electrons. The van der Waals surface area contributed by atoms with Crippen LogP contribution in [-0.4, -0.2) is 35.3 Å². The smallest absolute Gasteiger partial charge is 0.224 e. The third kappa shape index (κ3) is 5.16. The van der Waals surface area contributed by atoms with Crippen LogP contribution in [0.1, 0.15) is 19.3 Å². The van der Waals surface area contributed by atoms with Gasteiger partial charge in [0.1, 0.15) is 11.8 Å². The van der Waals surface area contributed by atoms with Crippen LogP contribution in [0.2, 0.25) is 0 Å². The highest BCUT2D eigenvalue weighted by atomic mass is 79.9. The number of aromatic nitrogens is 1. The highest BCUT2D eigenvalue weighted by Crippen LogP contribution is 2.15. The molecule has 8 heteroatoms. The molecule has 1 aliphatic heterocycles. The minimum Gasteiger partial charge on any atom is -0.356 e. The van der Waals surface area contributed by atoms with Crippen molar-refractivity contribution in [2.24, 2.45) is 5.92 Å². The maximum atomic E-state index is 11.9. The van der Waals surface area contributed by atoms with E-state index < -0.39 is 6.04 Å². The summed E-state index contributed by atoms with van der Waals surface area (Å²) < 4.78 is 2.39. The Hall–Kier alpha value is -2.22. The van der Waals surface area contributed by atoms with Crippen molar-refractivity contribution in [3.05, 3.63) is 34.4 Å². The Kier molecular flexibility index (Phi) is 6.48. The van der Waals surface area contributed by atoms with Crippen molar-refractivity contribution in [2.75, 3.05) is 6.54 Å². The van der Waals surface area contributed by atoms with Gasteiger partial charge in [-0.3, -0.25) is 15.0 Å². The van der Waals surface area contributed by atoms with Gasteiger partial charge in [-0.05, 0) is 40.9 Å². The molecule has 2 unspecified atom stereocenters. The van der Waals surface area contributed by atoms with Crippen molar-refractivity contribution in [1.29, 1.82) is 5.41 Å². The molecule has 0 aromatic carbocycles. The molecule has 1 saturated heterocycles. The lowest BCUT2D eigenvalue weighted by atomic mass is 9.99. The van der Waals surface area contributed by atoms with Crippen molar-refractivity contribution in [3.8, 4) is 0 Å². The highest BCUT2D eigenvalue weighted by Gasteiger charge is 2.27. The second-order valence-corrected chi connectivity index (χ2v) is 6.47. The molecule has 7 nitrogen and oxygen atoms in total. The van der Waals surface area contributed by atoms with Crippen molar-refractivity contribution in [3.63, 3.8) is 0 Å². The average Bonchev–Trinajstić information content (AvgIpc) is 2.95. The molecule has 0 radical (unpaired) electrons. The summed E-state index contributed by atoms with van der Waals surface area (Å²) in [5.74, 6) is -0.590. The van der Waals surface area contributed by atoms with E-state index in [1.54, 1.807) is 35.2 Å². The summed E-state index contributed by atoms with van der Waals surface area (Å²) in [6.45, 7) is 0.616. The van der Waals surface area contributed by atoms with Gasteiger partial charge < -0.3 is 20.0 Å². The minimum atomic E-state index is -0.662. The van der Waals surface area contributed by atoms with Crippen LogP contribution >= 0.6 is 15.9 Å². The van der Waals surface area contributed by atoms with E-state index in [4.69, 9.17) is 5.41 Å². The number of hydrogen-bond donors (Lipinski definition) is 3. The quantitative estimate of drug-likeness (QED) is 0.595. The van der Waals surface area contributed by atoms with Gasteiger partial charge >= 0.3 is 0 Å². The average molecular weight is 395 g/mol. The van der Waals surface area contributed by atoms with Gasteiger partial charge in [-0.1, -0.05) is 6.08 Å². The van der Waals surface area contributed by atoms with Crippen LogP contribution in [0.3, 0.4) is 0 Å². The SMILES string of the molecule is N=c1ccc(Br)cn1/C=C/CC(=O)NC(C=O)CC1CCNC1=O. The zero-order chi connectivity index (χ0) is 17.5. The van der Waals surface area contributed by atoms with Crippen molar-refractivity contribution < 1.29 is 14.4 Å². The molecule has 1 aliphatic rings. The van der Waals surface area contributed by atoms with Crippen LogP contribution in [0.4, 0.5) is 0 Å². The molecule has 2 amide bonds. The van der Waals surface area contributed by atoms with Gasteiger partial charge in [-0.15, -0.1) is 0 Å². The summed E-state index contributed by atoms with van der Waals surface area (Å²) in [4.78, 5) is 34.6. The van der Waals surface area contributed by atoms with Gasteiger partial charge in [0.2, 0.25) is 11.8 Å². The Bertz CT molecular complexity index is 714. The molecule has 2 heterocycles. The Morgan fingerprint density at radius 3 is 3.00 bits per heavy atom. The van der Waals surface area contributed by atoms with E-state index in [2.05, 4.69) is 26.6 Å². The number of hydrogen-bond acceptors (Lipinski definition) is 4. The first-order valence-electron chi connectivity index (χ1n) is 7.61. The van der Waals surface area contributed by atoms with Crippen LogP contribution in [-0.2, 0) is 14.4 Å². The van der Waals surface area contributed by atoms with Crippen molar-refractivity contribution >= 4 is 40.2 Å². The lowest BCUT2D eigenvalue weighted by Gasteiger charge is -2.15. The Morgan fingerprint density at radius 1 is 1.54 bits per heavy atom. The molecule has 3 N–H and O–H groups in total. The fourth-order valence-electron chi connectivity index (χ4n) is 2.48. The van der Waals surface area contributed by atoms with Gasteiger partial charge in [0.15, 0.2) is 0 Å². The highest BCUT2D eigenvalue weighted by molar-refractivity contribution is 9.10. The largest absolute Gasteiger partial charge is 0.356 e. The fraction of sp³-hybridized carbons (Fsp3) is 0.375. The lowest BCUT2D eigenvalue weighted by Crippen LogP contribution is -2.38. The molecular formula is C16H19BrN4O3. The molecule has 0 aliphatic carbocycles. The van der Waals surface area contributed by atoms with Crippen molar-refractivity contribution in [2.45, 2.75) is 25.3 Å². The van der Waals surface area contributed by atoms with Gasteiger partial charge in [-0.25, -0.2) is 0 Å². The molecule has 1 aromatic rings. The number of carbonyl (C=O) groups is 3. The monoisotopic (exact) mass is 394 g/mol. The maximum absolute atomic E-state index is 11.9. The summed E-state index contributed by atoms with van der Waals surface area (Å²) in [5, 5.41) is 13.1. The van der Waals surface area contributed by atoms with E-state index in [0.717, 1.165) is 4.47 Å². The first-order valence-corrected chi connectivity index (χ1v) is 8.40. The summed E-state index contributed by atoms with van der Waals surface area (Å²) in [6, 6.07) is 2.72. The summed E-state index contributed by atoms with van der Waals surface area (Å²) >= 11 is 3.32. The zero-order valence-corrected chi connectivity index (χ0v) is 14.6. The third-order valence-corrected chi connectivity index (χ3v) is 4.19. The minimum absolute atomic E-state index is 0.0648. The summed E-state index contributed by atoms with van der Waals surface area (Å²) in [7, 11) is 0. The molecule has 1 fully saturated rings. The Morgan fingerprint density at radius 2 is 2.33 bits per heavy atom. The van der Waals surface area contributed by atoms with Gasteiger partial charge in [0.25, 0.3) is 0 Å². The number of amides is 2. The maximum Gasteiger partial charge on any atom is 0.224 e. The number of aldehydes is 1. The van der Waals surface area contributed by atoms with Gasteiger partial charge in [-0.2, -0.15) is 0 Å². The molecule has 0 spiro atoms. The van der Waals surface area contributed by atoms with E-state index in [1.807, 2.05) is 0 Å². The second-order valence-electron chi connectivity index (χ2n) is 5.55. The third-order valence-electron chi connectivity index (χ3n) is 3.72. The summed E-state index contributed by atoms with van der Waals surface area (Å²) in [6.07, 6.45) is 6.70.